The molecule has 2 rings (SSSR count). The van der Waals surface area contributed by atoms with Crippen LogP contribution in [0.4, 0.5) is 0 Å². The second-order valence-corrected chi connectivity index (χ2v) is 7.67. The van der Waals surface area contributed by atoms with Crippen molar-refractivity contribution in [3.05, 3.63) is 52.9 Å². The van der Waals surface area contributed by atoms with E-state index in [0.717, 1.165) is 5.56 Å². The van der Waals surface area contributed by atoms with E-state index in [9.17, 15) is 8.42 Å². The van der Waals surface area contributed by atoms with Crippen molar-refractivity contribution in [3.8, 4) is 0 Å². The van der Waals surface area contributed by atoms with Gasteiger partial charge in [-0.2, -0.15) is 0 Å². The zero-order chi connectivity index (χ0) is 13.9. The lowest BCUT2D eigenvalue weighted by Crippen LogP contribution is -2.25. The predicted molar refractivity (Wildman–Crippen MR) is 79.4 cm³/mol. The number of thiophene rings is 1. The molecule has 0 aliphatic carbocycles. The highest BCUT2D eigenvalue weighted by atomic mass is 32.2. The van der Waals surface area contributed by atoms with Crippen LogP contribution in [0.1, 0.15) is 17.2 Å². The average molecular weight is 295 g/mol. The van der Waals surface area contributed by atoms with Crippen molar-refractivity contribution in [2.24, 2.45) is 0 Å². The minimum Gasteiger partial charge on any atom is -0.312 e. The summed E-state index contributed by atoms with van der Waals surface area (Å²) in [4.78, 5) is 0. The Morgan fingerprint density at radius 2 is 1.89 bits per heavy atom. The number of hydrogen-bond donors (Lipinski definition) is 1. The number of hydrogen-bond acceptors (Lipinski definition) is 4. The highest BCUT2D eigenvalue weighted by Crippen LogP contribution is 2.23. The van der Waals surface area contributed by atoms with Crippen molar-refractivity contribution >= 4 is 21.2 Å². The molecule has 0 aliphatic rings. The fraction of sp³-hybridized carbons (Fsp3) is 0.286. The molecular weight excluding hydrogens is 278 g/mol. The maximum absolute atomic E-state index is 12.3. The van der Waals surface area contributed by atoms with Crippen LogP contribution in [0, 0.1) is 6.92 Å². The first-order valence-electron chi connectivity index (χ1n) is 6.03. The average Bonchev–Trinajstić information content (AvgIpc) is 2.92. The van der Waals surface area contributed by atoms with Crippen molar-refractivity contribution in [2.45, 2.75) is 17.2 Å². The van der Waals surface area contributed by atoms with E-state index >= 15 is 0 Å². The zero-order valence-corrected chi connectivity index (χ0v) is 12.6. The minimum atomic E-state index is -3.23. The molecule has 2 aromatic rings. The highest BCUT2D eigenvalue weighted by molar-refractivity contribution is 7.93. The number of aryl methyl sites for hydroxylation is 1. The summed E-state index contributed by atoms with van der Waals surface area (Å²) in [5.74, 6) is 0.0765. The van der Waals surface area contributed by atoms with E-state index in [1.54, 1.807) is 24.6 Å². The van der Waals surface area contributed by atoms with E-state index in [-0.39, 0.29) is 11.8 Å². The van der Waals surface area contributed by atoms with Gasteiger partial charge in [-0.1, -0.05) is 35.9 Å². The molecule has 5 heteroatoms. The molecule has 102 valence electrons. The maximum atomic E-state index is 12.3. The van der Waals surface area contributed by atoms with Gasteiger partial charge in [-0.25, -0.2) is 8.42 Å². The lowest BCUT2D eigenvalue weighted by atomic mass is 10.1. The molecule has 0 saturated heterocycles. The van der Waals surface area contributed by atoms with Crippen molar-refractivity contribution < 1.29 is 8.42 Å². The lowest BCUT2D eigenvalue weighted by Gasteiger charge is -2.16. The van der Waals surface area contributed by atoms with Gasteiger partial charge in [0.15, 0.2) is 9.84 Å². The monoisotopic (exact) mass is 295 g/mol. The van der Waals surface area contributed by atoms with Crippen LogP contribution < -0.4 is 5.32 Å². The minimum absolute atomic E-state index is 0.0765. The molecule has 1 unspecified atom stereocenters. The van der Waals surface area contributed by atoms with Crippen LogP contribution in [0.2, 0.25) is 0 Å². The molecule has 1 heterocycles. The third-order valence-electron chi connectivity index (χ3n) is 3.02. The second-order valence-electron chi connectivity index (χ2n) is 4.47. The van der Waals surface area contributed by atoms with Crippen LogP contribution in [0.25, 0.3) is 0 Å². The first kappa shape index (κ1) is 14.2. The Morgan fingerprint density at radius 3 is 2.42 bits per heavy atom. The van der Waals surface area contributed by atoms with Gasteiger partial charge in [-0.15, -0.1) is 11.3 Å². The summed E-state index contributed by atoms with van der Waals surface area (Å²) < 4.78 is 25.0. The van der Waals surface area contributed by atoms with Crippen LogP contribution >= 0.6 is 11.3 Å². The molecule has 0 radical (unpaired) electrons. The topological polar surface area (TPSA) is 46.2 Å². The quantitative estimate of drug-likeness (QED) is 0.922. The fourth-order valence-electron chi connectivity index (χ4n) is 1.89. The summed E-state index contributed by atoms with van der Waals surface area (Å²) in [5.41, 5.74) is 2.16. The summed E-state index contributed by atoms with van der Waals surface area (Å²) >= 11 is 1.26. The van der Waals surface area contributed by atoms with E-state index in [0.29, 0.717) is 4.21 Å². The molecule has 1 aromatic heterocycles. The summed E-state index contributed by atoms with van der Waals surface area (Å²) in [6.07, 6.45) is 0. The van der Waals surface area contributed by atoms with Gasteiger partial charge in [0, 0.05) is 6.04 Å². The Balaban J connectivity index is 2.22. The van der Waals surface area contributed by atoms with Crippen LogP contribution in [0.5, 0.6) is 0 Å². The van der Waals surface area contributed by atoms with Crippen molar-refractivity contribution in [2.75, 3.05) is 12.8 Å². The van der Waals surface area contributed by atoms with Crippen molar-refractivity contribution in [3.63, 3.8) is 0 Å². The maximum Gasteiger partial charge on any atom is 0.189 e. The van der Waals surface area contributed by atoms with Gasteiger partial charge in [0.25, 0.3) is 0 Å². The molecule has 0 saturated carbocycles. The smallest absolute Gasteiger partial charge is 0.189 e. The number of benzene rings is 1. The van der Waals surface area contributed by atoms with Gasteiger partial charge < -0.3 is 5.32 Å². The van der Waals surface area contributed by atoms with Crippen molar-refractivity contribution in [1.29, 1.82) is 0 Å². The largest absolute Gasteiger partial charge is 0.312 e. The van der Waals surface area contributed by atoms with Gasteiger partial charge in [0.2, 0.25) is 0 Å². The molecule has 1 N–H and O–H groups in total. The van der Waals surface area contributed by atoms with Gasteiger partial charge in [0.05, 0.1) is 5.75 Å². The van der Waals surface area contributed by atoms with E-state index in [2.05, 4.69) is 5.32 Å². The SMILES string of the molecule is CNC(CS(=O)(=O)c1cccs1)c1ccc(C)cc1. The molecule has 0 amide bonds. The molecule has 0 fully saturated rings. The summed E-state index contributed by atoms with van der Waals surface area (Å²) in [6.45, 7) is 2.01. The molecule has 3 nitrogen and oxygen atoms in total. The Labute approximate surface area is 118 Å². The number of sulfone groups is 1. The van der Waals surface area contributed by atoms with E-state index in [1.165, 1.54) is 16.9 Å². The van der Waals surface area contributed by atoms with Gasteiger partial charge in [-0.05, 0) is 31.0 Å². The standard InChI is InChI=1S/C14H17NO2S2/c1-11-5-7-12(8-6-11)13(15-2)10-19(16,17)14-4-3-9-18-14/h3-9,13,15H,10H2,1-2H3. The van der Waals surface area contributed by atoms with Gasteiger partial charge >= 0.3 is 0 Å². The molecule has 1 aromatic carbocycles. The zero-order valence-electron chi connectivity index (χ0n) is 11.0. The second kappa shape index (κ2) is 5.86. The summed E-state index contributed by atoms with van der Waals surface area (Å²) in [5, 5.41) is 4.87. The predicted octanol–water partition coefficient (Wildman–Crippen LogP) is 2.79. The highest BCUT2D eigenvalue weighted by Gasteiger charge is 2.22. The first-order valence-corrected chi connectivity index (χ1v) is 8.56. The lowest BCUT2D eigenvalue weighted by molar-refractivity contribution is 0.576. The Kier molecular flexibility index (Phi) is 4.39. The van der Waals surface area contributed by atoms with Crippen LogP contribution in [0.15, 0.2) is 46.0 Å². The van der Waals surface area contributed by atoms with Gasteiger partial charge in [0.1, 0.15) is 4.21 Å². The van der Waals surface area contributed by atoms with Crippen molar-refractivity contribution in [1.82, 2.24) is 5.32 Å². The van der Waals surface area contributed by atoms with Crippen LogP contribution in [0.3, 0.4) is 0 Å². The third-order valence-corrected chi connectivity index (χ3v) is 6.25. The van der Waals surface area contributed by atoms with Gasteiger partial charge in [-0.3, -0.25) is 0 Å². The summed E-state index contributed by atoms with van der Waals surface area (Å²) in [6, 6.07) is 11.2. The normalized spacial score (nSPS) is 13.4. The van der Waals surface area contributed by atoms with Crippen LogP contribution in [-0.4, -0.2) is 21.2 Å². The van der Waals surface area contributed by atoms with E-state index in [4.69, 9.17) is 0 Å². The van der Waals surface area contributed by atoms with E-state index in [1.807, 2.05) is 31.2 Å². The van der Waals surface area contributed by atoms with E-state index < -0.39 is 9.84 Å². The molecule has 19 heavy (non-hydrogen) atoms. The molecule has 0 bridgehead atoms. The molecule has 0 spiro atoms. The third kappa shape index (κ3) is 3.43. The molecular formula is C14H17NO2S2. The first-order chi connectivity index (χ1) is 9.03. The van der Waals surface area contributed by atoms with Crippen LogP contribution in [-0.2, 0) is 9.84 Å². The number of nitrogens with one attached hydrogen (secondary N) is 1. The summed E-state index contributed by atoms with van der Waals surface area (Å²) in [7, 11) is -1.44. The molecule has 0 aliphatic heterocycles. The Bertz CT molecular complexity index is 616. The Hall–Kier alpha value is -1.17. The Morgan fingerprint density at radius 1 is 1.21 bits per heavy atom. The molecule has 1 atom stereocenters. The number of rotatable bonds is 5. The fourth-order valence-corrected chi connectivity index (χ4v) is 4.54.